The first kappa shape index (κ1) is 18.3. The van der Waals surface area contributed by atoms with Crippen LogP contribution in [0.1, 0.15) is 16.8 Å². The van der Waals surface area contributed by atoms with Crippen molar-refractivity contribution in [2.75, 3.05) is 0 Å². The summed E-state index contributed by atoms with van der Waals surface area (Å²) in [6.45, 7) is 2.02. The highest BCUT2D eigenvalue weighted by atomic mass is 35.5. The molecule has 1 heterocycles. The number of aryl methyl sites for hydroxylation is 1. The van der Waals surface area contributed by atoms with Crippen LogP contribution >= 0.6 is 11.6 Å². The van der Waals surface area contributed by atoms with Crippen molar-refractivity contribution >= 4 is 11.6 Å². The van der Waals surface area contributed by atoms with Gasteiger partial charge >= 0.3 is 0 Å². The van der Waals surface area contributed by atoms with Crippen molar-refractivity contribution < 1.29 is 5.11 Å². The monoisotopic (exact) mass is 385 g/mol. The SMILES string of the molecule is Cc1nc(-c2ccc(Cl)cc2O)c(-c2ccccc2)cc1Cc1ccccc1. The van der Waals surface area contributed by atoms with Gasteiger partial charge in [-0.3, -0.25) is 4.98 Å². The smallest absolute Gasteiger partial charge is 0.126 e. The van der Waals surface area contributed by atoms with Gasteiger partial charge in [-0.05, 0) is 54.3 Å². The minimum Gasteiger partial charge on any atom is -0.507 e. The van der Waals surface area contributed by atoms with Crippen LogP contribution in [0.15, 0.2) is 84.9 Å². The highest BCUT2D eigenvalue weighted by Gasteiger charge is 2.16. The molecule has 4 aromatic rings. The van der Waals surface area contributed by atoms with Gasteiger partial charge in [0.1, 0.15) is 5.75 Å². The molecule has 0 atom stereocenters. The number of hydrogen-bond donors (Lipinski definition) is 1. The maximum atomic E-state index is 10.5. The average molecular weight is 386 g/mol. The van der Waals surface area contributed by atoms with E-state index in [2.05, 4.69) is 42.5 Å². The first-order chi connectivity index (χ1) is 13.6. The van der Waals surface area contributed by atoms with E-state index in [1.165, 1.54) is 11.1 Å². The van der Waals surface area contributed by atoms with Crippen molar-refractivity contribution in [1.82, 2.24) is 4.98 Å². The van der Waals surface area contributed by atoms with Gasteiger partial charge < -0.3 is 5.11 Å². The fourth-order valence-corrected chi connectivity index (χ4v) is 3.56. The normalized spacial score (nSPS) is 10.8. The summed E-state index contributed by atoms with van der Waals surface area (Å²) >= 11 is 6.03. The fraction of sp³-hybridized carbons (Fsp3) is 0.0800. The van der Waals surface area contributed by atoms with Crippen molar-refractivity contribution in [1.29, 1.82) is 0 Å². The summed E-state index contributed by atoms with van der Waals surface area (Å²) < 4.78 is 0. The van der Waals surface area contributed by atoms with Gasteiger partial charge in [0.15, 0.2) is 0 Å². The number of rotatable bonds is 4. The second-order valence-electron chi connectivity index (χ2n) is 6.82. The van der Waals surface area contributed by atoms with E-state index < -0.39 is 0 Å². The van der Waals surface area contributed by atoms with E-state index >= 15 is 0 Å². The van der Waals surface area contributed by atoms with Crippen molar-refractivity contribution in [2.24, 2.45) is 0 Å². The molecule has 0 radical (unpaired) electrons. The lowest BCUT2D eigenvalue weighted by atomic mass is 9.94. The van der Waals surface area contributed by atoms with Gasteiger partial charge in [-0.1, -0.05) is 72.3 Å². The Morgan fingerprint density at radius 3 is 2.18 bits per heavy atom. The van der Waals surface area contributed by atoms with Crippen LogP contribution in [0.4, 0.5) is 0 Å². The number of halogens is 1. The molecule has 0 unspecified atom stereocenters. The fourth-order valence-electron chi connectivity index (χ4n) is 3.39. The molecule has 0 fully saturated rings. The third kappa shape index (κ3) is 3.78. The number of aromatic nitrogens is 1. The Labute approximate surface area is 170 Å². The van der Waals surface area contributed by atoms with Gasteiger partial charge in [0.25, 0.3) is 0 Å². The number of hydrogen-bond acceptors (Lipinski definition) is 2. The van der Waals surface area contributed by atoms with Crippen molar-refractivity contribution in [2.45, 2.75) is 13.3 Å². The Kier molecular flexibility index (Phi) is 5.14. The molecule has 2 nitrogen and oxygen atoms in total. The lowest BCUT2D eigenvalue weighted by molar-refractivity contribution is 0.477. The Morgan fingerprint density at radius 2 is 1.50 bits per heavy atom. The molecule has 0 saturated carbocycles. The third-order valence-corrected chi connectivity index (χ3v) is 5.09. The van der Waals surface area contributed by atoms with Crippen LogP contribution in [0, 0.1) is 6.92 Å². The van der Waals surface area contributed by atoms with Gasteiger partial charge in [0.05, 0.1) is 5.69 Å². The van der Waals surface area contributed by atoms with E-state index in [9.17, 15) is 5.11 Å². The van der Waals surface area contributed by atoms with E-state index in [4.69, 9.17) is 16.6 Å². The number of phenols is 1. The standard InChI is InChI=1S/C25H20ClNO/c1-17-20(14-18-8-4-2-5-9-18)15-23(19-10-6-3-7-11-19)25(27-17)22-13-12-21(26)16-24(22)28/h2-13,15-16,28H,14H2,1H3. The van der Waals surface area contributed by atoms with Crippen LogP contribution in [-0.4, -0.2) is 10.1 Å². The number of nitrogens with zero attached hydrogens (tertiary/aromatic N) is 1. The largest absolute Gasteiger partial charge is 0.507 e. The number of pyridine rings is 1. The molecule has 3 aromatic carbocycles. The molecular weight excluding hydrogens is 366 g/mol. The lowest BCUT2D eigenvalue weighted by Gasteiger charge is -2.15. The zero-order chi connectivity index (χ0) is 19.5. The van der Waals surface area contributed by atoms with Crippen LogP contribution < -0.4 is 0 Å². The zero-order valence-corrected chi connectivity index (χ0v) is 16.3. The molecule has 0 saturated heterocycles. The summed E-state index contributed by atoms with van der Waals surface area (Å²) in [4.78, 5) is 4.90. The van der Waals surface area contributed by atoms with E-state index in [1.807, 2.05) is 37.3 Å². The van der Waals surface area contributed by atoms with Crippen LogP contribution in [0.3, 0.4) is 0 Å². The molecule has 1 aromatic heterocycles. The van der Waals surface area contributed by atoms with Crippen LogP contribution in [0.5, 0.6) is 5.75 Å². The number of benzene rings is 3. The maximum absolute atomic E-state index is 10.5. The molecule has 0 amide bonds. The van der Waals surface area contributed by atoms with Crippen molar-refractivity contribution in [3.63, 3.8) is 0 Å². The van der Waals surface area contributed by atoms with Crippen molar-refractivity contribution in [3.8, 4) is 28.1 Å². The van der Waals surface area contributed by atoms with Crippen LogP contribution in [0.25, 0.3) is 22.4 Å². The Morgan fingerprint density at radius 1 is 0.821 bits per heavy atom. The molecule has 28 heavy (non-hydrogen) atoms. The van der Waals surface area contributed by atoms with Gasteiger partial charge in [-0.15, -0.1) is 0 Å². The molecule has 0 aliphatic heterocycles. The predicted molar refractivity (Wildman–Crippen MR) is 116 cm³/mol. The maximum Gasteiger partial charge on any atom is 0.126 e. The quantitative estimate of drug-likeness (QED) is 0.425. The summed E-state index contributed by atoms with van der Waals surface area (Å²) in [6, 6.07) is 27.9. The molecule has 0 aliphatic rings. The molecule has 0 bridgehead atoms. The first-order valence-electron chi connectivity index (χ1n) is 9.20. The summed E-state index contributed by atoms with van der Waals surface area (Å²) in [6.07, 6.45) is 0.812. The highest BCUT2D eigenvalue weighted by Crippen LogP contribution is 2.38. The zero-order valence-electron chi connectivity index (χ0n) is 15.6. The number of phenolic OH excluding ortho intramolecular Hbond substituents is 1. The Hall–Kier alpha value is -3.10. The lowest BCUT2D eigenvalue weighted by Crippen LogP contribution is -2.00. The van der Waals surface area contributed by atoms with E-state index in [-0.39, 0.29) is 5.75 Å². The summed E-state index contributed by atoms with van der Waals surface area (Å²) in [5, 5.41) is 11.0. The topological polar surface area (TPSA) is 33.1 Å². The van der Waals surface area contributed by atoms with E-state index in [1.54, 1.807) is 12.1 Å². The Bertz CT molecular complexity index is 1110. The summed E-state index contributed by atoms with van der Waals surface area (Å²) in [5.74, 6) is 0.132. The summed E-state index contributed by atoms with van der Waals surface area (Å²) in [5.41, 5.74) is 6.86. The molecule has 4 rings (SSSR count). The first-order valence-corrected chi connectivity index (χ1v) is 9.58. The van der Waals surface area contributed by atoms with Gasteiger partial charge in [-0.25, -0.2) is 0 Å². The summed E-state index contributed by atoms with van der Waals surface area (Å²) in [7, 11) is 0. The molecular formula is C25H20ClNO. The van der Waals surface area contributed by atoms with Crippen LogP contribution in [0.2, 0.25) is 5.02 Å². The minimum atomic E-state index is 0.132. The highest BCUT2D eigenvalue weighted by molar-refractivity contribution is 6.30. The van der Waals surface area contributed by atoms with Gasteiger partial charge in [-0.2, -0.15) is 0 Å². The Balaban J connectivity index is 1.89. The van der Waals surface area contributed by atoms with E-state index in [0.29, 0.717) is 10.6 Å². The van der Waals surface area contributed by atoms with E-state index in [0.717, 1.165) is 28.9 Å². The molecule has 0 aliphatic carbocycles. The second-order valence-corrected chi connectivity index (χ2v) is 7.26. The molecule has 0 spiro atoms. The number of aromatic hydroxyl groups is 1. The van der Waals surface area contributed by atoms with Crippen LogP contribution in [-0.2, 0) is 6.42 Å². The van der Waals surface area contributed by atoms with Gasteiger partial charge in [0, 0.05) is 21.8 Å². The van der Waals surface area contributed by atoms with Gasteiger partial charge in [0.2, 0.25) is 0 Å². The molecule has 3 heteroatoms. The third-order valence-electron chi connectivity index (χ3n) is 4.86. The minimum absolute atomic E-state index is 0.132. The molecule has 138 valence electrons. The second kappa shape index (κ2) is 7.87. The predicted octanol–water partition coefficient (Wildman–Crippen LogP) is 6.67. The van der Waals surface area contributed by atoms with Crippen molar-refractivity contribution in [3.05, 3.63) is 107 Å². The average Bonchev–Trinajstić information content (AvgIpc) is 2.71. The molecule has 1 N–H and O–H groups in total.